The summed E-state index contributed by atoms with van der Waals surface area (Å²) in [6, 6.07) is 8.82. The van der Waals surface area contributed by atoms with Crippen LogP contribution >= 0.6 is 11.6 Å². The fourth-order valence-corrected chi connectivity index (χ4v) is 1.97. The largest absolute Gasteiger partial charge is 0.467 e. The van der Waals surface area contributed by atoms with E-state index < -0.39 is 0 Å². The molecule has 0 saturated heterocycles. The van der Waals surface area contributed by atoms with Gasteiger partial charge in [0.2, 0.25) is 0 Å². The summed E-state index contributed by atoms with van der Waals surface area (Å²) in [5.74, 6) is 0.793. The van der Waals surface area contributed by atoms with Gasteiger partial charge in [-0.1, -0.05) is 17.7 Å². The molecule has 2 rings (SSSR count). The van der Waals surface area contributed by atoms with Gasteiger partial charge in [-0.3, -0.25) is 0 Å². The first-order chi connectivity index (χ1) is 10.6. The Labute approximate surface area is 134 Å². The molecule has 1 heterocycles. The number of carbonyl (C=O) groups excluding carboxylic acids is 1. The smallest absolute Gasteiger partial charge is 0.319 e. The van der Waals surface area contributed by atoms with Gasteiger partial charge >= 0.3 is 6.03 Å². The van der Waals surface area contributed by atoms with Crippen LogP contribution in [0, 0.1) is 6.92 Å². The fourth-order valence-electron chi connectivity index (χ4n) is 1.79. The number of amides is 2. The normalized spacial score (nSPS) is 10.5. The second kappa shape index (κ2) is 8.46. The molecular formula is C16H19ClN2O3. The molecule has 0 saturated carbocycles. The Bertz CT molecular complexity index is 599. The Hall–Kier alpha value is -1.98. The van der Waals surface area contributed by atoms with Gasteiger partial charge in [-0.2, -0.15) is 0 Å². The highest BCUT2D eigenvalue weighted by atomic mass is 35.5. The minimum absolute atomic E-state index is 0.258. The van der Waals surface area contributed by atoms with E-state index in [1.54, 1.807) is 12.3 Å². The third-order valence-corrected chi connectivity index (χ3v) is 3.41. The minimum atomic E-state index is -0.258. The molecule has 0 aliphatic heterocycles. The van der Waals surface area contributed by atoms with E-state index >= 15 is 0 Å². The summed E-state index contributed by atoms with van der Waals surface area (Å²) in [5, 5.41) is 6.12. The summed E-state index contributed by atoms with van der Waals surface area (Å²) in [5.41, 5.74) is 1.64. The third-order valence-electron chi connectivity index (χ3n) is 3.01. The molecule has 0 aliphatic rings. The van der Waals surface area contributed by atoms with Crippen LogP contribution in [0.15, 0.2) is 41.0 Å². The number of urea groups is 1. The van der Waals surface area contributed by atoms with Crippen molar-refractivity contribution >= 4 is 23.3 Å². The number of nitrogens with one attached hydrogen (secondary N) is 2. The summed E-state index contributed by atoms with van der Waals surface area (Å²) in [4.78, 5) is 11.7. The number of carbonyl (C=O) groups is 1. The predicted molar refractivity (Wildman–Crippen MR) is 86.2 cm³/mol. The fraction of sp³-hybridized carbons (Fsp3) is 0.312. The van der Waals surface area contributed by atoms with Gasteiger partial charge in [0, 0.05) is 23.9 Å². The van der Waals surface area contributed by atoms with E-state index in [1.165, 1.54) is 0 Å². The number of rotatable bonds is 7. The number of hydrogen-bond donors (Lipinski definition) is 2. The number of ether oxygens (including phenoxy) is 1. The van der Waals surface area contributed by atoms with Crippen molar-refractivity contribution in [3.05, 3.63) is 52.9 Å². The minimum Gasteiger partial charge on any atom is -0.467 e. The van der Waals surface area contributed by atoms with E-state index in [4.69, 9.17) is 20.8 Å². The van der Waals surface area contributed by atoms with Crippen LogP contribution in [0.4, 0.5) is 10.5 Å². The molecule has 2 amide bonds. The van der Waals surface area contributed by atoms with E-state index in [-0.39, 0.29) is 6.03 Å². The summed E-state index contributed by atoms with van der Waals surface area (Å²) < 4.78 is 10.6. The van der Waals surface area contributed by atoms with E-state index in [9.17, 15) is 4.79 Å². The molecule has 0 spiro atoms. The number of aryl methyl sites for hydroxylation is 1. The molecule has 6 heteroatoms. The molecule has 2 N–H and O–H groups in total. The Kier molecular flexibility index (Phi) is 6.30. The van der Waals surface area contributed by atoms with Crippen molar-refractivity contribution in [2.45, 2.75) is 20.0 Å². The maximum Gasteiger partial charge on any atom is 0.319 e. The van der Waals surface area contributed by atoms with Gasteiger partial charge in [0.1, 0.15) is 12.4 Å². The van der Waals surface area contributed by atoms with E-state index in [2.05, 4.69) is 10.6 Å². The van der Waals surface area contributed by atoms with Crippen molar-refractivity contribution in [2.75, 3.05) is 18.5 Å². The van der Waals surface area contributed by atoms with Crippen LogP contribution < -0.4 is 10.6 Å². The lowest BCUT2D eigenvalue weighted by molar-refractivity contribution is 0.104. The third kappa shape index (κ3) is 5.42. The molecular weight excluding hydrogens is 304 g/mol. The van der Waals surface area contributed by atoms with E-state index in [0.717, 1.165) is 17.7 Å². The first-order valence-corrected chi connectivity index (χ1v) is 7.44. The van der Waals surface area contributed by atoms with Gasteiger partial charge in [0.05, 0.1) is 6.26 Å². The zero-order valence-corrected chi connectivity index (χ0v) is 13.2. The van der Waals surface area contributed by atoms with Gasteiger partial charge in [0.15, 0.2) is 0 Å². The van der Waals surface area contributed by atoms with Crippen LogP contribution in [0.5, 0.6) is 0 Å². The van der Waals surface area contributed by atoms with Gasteiger partial charge in [-0.05, 0) is 43.2 Å². The van der Waals surface area contributed by atoms with Crippen LogP contribution in [-0.2, 0) is 11.3 Å². The van der Waals surface area contributed by atoms with Gasteiger partial charge in [-0.25, -0.2) is 4.79 Å². The van der Waals surface area contributed by atoms with Crippen LogP contribution in [-0.4, -0.2) is 19.2 Å². The average molecular weight is 323 g/mol. The zero-order chi connectivity index (χ0) is 15.8. The van der Waals surface area contributed by atoms with Crippen LogP contribution in [0.2, 0.25) is 5.02 Å². The lowest BCUT2D eigenvalue weighted by Crippen LogP contribution is -2.30. The van der Waals surface area contributed by atoms with Crippen molar-refractivity contribution in [1.82, 2.24) is 5.32 Å². The molecule has 0 atom stereocenters. The number of furan rings is 1. The highest BCUT2D eigenvalue weighted by Gasteiger charge is 2.03. The molecule has 2 aromatic rings. The molecule has 0 aliphatic carbocycles. The Morgan fingerprint density at radius 3 is 2.95 bits per heavy atom. The summed E-state index contributed by atoms with van der Waals surface area (Å²) in [6.07, 6.45) is 2.34. The van der Waals surface area contributed by atoms with Crippen LogP contribution in [0.25, 0.3) is 0 Å². The molecule has 22 heavy (non-hydrogen) atoms. The monoisotopic (exact) mass is 322 g/mol. The highest BCUT2D eigenvalue weighted by molar-refractivity contribution is 6.31. The second-order valence-electron chi connectivity index (χ2n) is 4.83. The number of benzene rings is 1. The lowest BCUT2D eigenvalue weighted by atomic mass is 10.2. The SMILES string of the molecule is Cc1ccc(NC(=O)NCCCOCc2ccco2)cc1Cl. The molecule has 1 aromatic carbocycles. The molecule has 0 unspecified atom stereocenters. The Morgan fingerprint density at radius 1 is 1.36 bits per heavy atom. The van der Waals surface area contributed by atoms with Crippen molar-refractivity contribution < 1.29 is 13.9 Å². The number of hydrogen-bond acceptors (Lipinski definition) is 3. The summed E-state index contributed by atoms with van der Waals surface area (Å²) in [6.45, 7) is 3.44. The summed E-state index contributed by atoms with van der Waals surface area (Å²) >= 11 is 6.01. The maximum absolute atomic E-state index is 11.7. The molecule has 1 aromatic heterocycles. The van der Waals surface area contributed by atoms with Crippen molar-refractivity contribution in [2.24, 2.45) is 0 Å². The van der Waals surface area contributed by atoms with Crippen molar-refractivity contribution in [1.29, 1.82) is 0 Å². The molecule has 0 bridgehead atoms. The summed E-state index contributed by atoms with van der Waals surface area (Å²) in [7, 11) is 0. The first-order valence-electron chi connectivity index (χ1n) is 7.06. The molecule has 0 radical (unpaired) electrons. The van der Waals surface area contributed by atoms with E-state index in [0.29, 0.717) is 30.5 Å². The quantitative estimate of drug-likeness (QED) is 0.758. The van der Waals surface area contributed by atoms with Gasteiger partial charge < -0.3 is 19.8 Å². The Balaban J connectivity index is 1.58. The van der Waals surface area contributed by atoms with Gasteiger partial charge in [0.25, 0.3) is 0 Å². The number of anilines is 1. The van der Waals surface area contributed by atoms with Crippen molar-refractivity contribution in [3.63, 3.8) is 0 Å². The van der Waals surface area contributed by atoms with Crippen LogP contribution in [0.3, 0.4) is 0 Å². The van der Waals surface area contributed by atoms with Gasteiger partial charge in [-0.15, -0.1) is 0 Å². The predicted octanol–water partition coefficient (Wildman–Crippen LogP) is 3.97. The zero-order valence-electron chi connectivity index (χ0n) is 12.4. The maximum atomic E-state index is 11.7. The first kappa shape index (κ1) is 16.4. The topological polar surface area (TPSA) is 63.5 Å². The molecule has 0 fully saturated rings. The van der Waals surface area contributed by atoms with Crippen molar-refractivity contribution in [3.8, 4) is 0 Å². The highest BCUT2D eigenvalue weighted by Crippen LogP contribution is 2.19. The average Bonchev–Trinajstić information content (AvgIpc) is 3.00. The molecule has 5 nitrogen and oxygen atoms in total. The standard InChI is InChI=1S/C16H19ClN2O3/c1-12-5-6-13(10-15(12)17)19-16(20)18-7-3-8-21-11-14-4-2-9-22-14/h2,4-6,9-10H,3,7-8,11H2,1H3,(H2,18,19,20). The lowest BCUT2D eigenvalue weighted by Gasteiger charge is -2.08. The molecule has 118 valence electrons. The second-order valence-corrected chi connectivity index (χ2v) is 5.24. The van der Waals surface area contributed by atoms with E-state index in [1.807, 2.05) is 31.2 Å². The van der Waals surface area contributed by atoms with Crippen LogP contribution in [0.1, 0.15) is 17.7 Å². The Morgan fingerprint density at radius 2 is 2.23 bits per heavy atom. The number of halogens is 1.